The largest absolute Gasteiger partial charge is 0.707 e. The monoisotopic (exact) mass is 254 g/mol. The summed E-state index contributed by atoms with van der Waals surface area (Å²) in [6.07, 6.45) is 0. The SMILES string of the molecule is CC[N+](C)(CC)CC.OB(O)Oc1ccccc1. The Bertz CT molecular complexity index is 294. The fourth-order valence-electron chi connectivity index (χ4n) is 1.29. The molecule has 0 aliphatic carbocycles. The van der Waals surface area contributed by atoms with Gasteiger partial charge in [-0.1, -0.05) is 18.2 Å². The first-order chi connectivity index (χ1) is 8.47. The van der Waals surface area contributed by atoms with Crippen LogP contribution in [-0.4, -0.2) is 48.5 Å². The molecule has 0 amide bonds. The standard InChI is InChI=1S/C7H18N.C6H7BO3/c1-5-8(4,6-2)7-3;8-7(9)10-6-4-2-1-3-5-6/h5-7H2,1-4H3;1-5,8-9H/q+1;. The zero-order valence-electron chi connectivity index (χ0n) is 11.8. The second-order valence-electron chi connectivity index (χ2n) is 4.33. The molecule has 0 fully saturated rings. The van der Waals surface area contributed by atoms with Crippen LogP contribution in [0.25, 0.3) is 0 Å². The maximum absolute atomic E-state index is 8.34. The van der Waals surface area contributed by atoms with E-state index in [0.29, 0.717) is 5.75 Å². The van der Waals surface area contributed by atoms with Crippen LogP contribution < -0.4 is 4.65 Å². The van der Waals surface area contributed by atoms with Crippen LogP contribution in [0.5, 0.6) is 5.75 Å². The highest BCUT2D eigenvalue weighted by Gasteiger charge is 2.11. The summed E-state index contributed by atoms with van der Waals surface area (Å²) in [6, 6.07) is 8.59. The van der Waals surface area contributed by atoms with E-state index in [1.54, 1.807) is 24.3 Å². The number of benzene rings is 1. The van der Waals surface area contributed by atoms with E-state index in [4.69, 9.17) is 10.0 Å². The minimum absolute atomic E-state index is 0.442. The molecule has 0 radical (unpaired) electrons. The fourth-order valence-corrected chi connectivity index (χ4v) is 1.29. The molecule has 0 unspecified atom stereocenters. The van der Waals surface area contributed by atoms with Crippen molar-refractivity contribution in [2.75, 3.05) is 26.7 Å². The van der Waals surface area contributed by atoms with E-state index in [1.165, 1.54) is 24.1 Å². The van der Waals surface area contributed by atoms with Gasteiger partial charge in [-0.05, 0) is 32.9 Å². The molecule has 0 bridgehead atoms. The Morgan fingerprint density at radius 2 is 1.44 bits per heavy atom. The Labute approximate surface area is 111 Å². The van der Waals surface area contributed by atoms with Crippen molar-refractivity contribution < 1.29 is 19.2 Å². The average Bonchev–Trinajstić information content (AvgIpc) is 2.39. The van der Waals surface area contributed by atoms with Crippen molar-refractivity contribution in [2.45, 2.75) is 20.8 Å². The summed E-state index contributed by atoms with van der Waals surface area (Å²) in [6.45, 7) is 10.5. The van der Waals surface area contributed by atoms with Crippen molar-refractivity contribution in [3.05, 3.63) is 30.3 Å². The number of para-hydroxylation sites is 1. The van der Waals surface area contributed by atoms with Gasteiger partial charge in [0.05, 0.1) is 26.7 Å². The van der Waals surface area contributed by atoms with Crippen LogP contribution in [0.2, 0.25) is 0 Å². The highest BCUT2D eigenvalue weighted by atomic mass is 16.6. The summed E-state index contributed by atoms with van der Waals surface area (Å²) in [5.41, 5.74) is 0. The third-order valence-corrected chi connectivity index (χ3v) is 3.28. The van der Waals surface area contributed by atoms with Crippen molar-refractivity contribution in [2.24, 2.45) is 0 Å². The van der Waals surface area contributed by atoms with Gasteiger partial charge >= 0.3 is 7.32 Å². The van der Waals surface area contributed by atoms with Gasteiger partial charge < -0.3 is 19.2 Å². The van der Waals surface area contributed by atoms with Crippen LogP contribution in [-0.2, 0) is 0 Å². The molecule has 1 aromatic carbocycles. The Morgan fingerprint density at radius 1 is 1.00 bits per heavy atom. The molecule has 4 nitrogen and oxygen atoms in total. The normalized spacial score (nSPS) is 10.3. The quantitative estimate of drug-likeness (QED) is 0.618. The van der Waals surface area contributed by atoms with Crippen LogP contribution in [0.4, 0.5) is 0 Å². The van der Waals surface area contributed by atoms with Crippen LogP contribution in [0, 0.1) is 0 Å². The molecule has 0 saturated carbocycles. The molecule has 0 aliphatic heterocycles. The summed E-state index contributed by atoms with van der Waals surface area (Å²) < 4.78 is 5.73. The zero-order valence-corrected chi connectivity index (χ0v) is 11.8. The van der Waals surface area contributed by atoms with Crippen molar-refractivity contribution >= 4 is 7.32 Å². The Balaban J connectivity index is 0.000000331. The number of rotatable bonds is 5. The van der Waals surface area contributed by atoms with E-state index in [-0.39, 0.29) is 0 Å². The van der Waals surface area contributed by atoms with Crippen LogP contribution in [0.1, 0.15) is 20.8 Å². The van der Waals surface area contributed by atoms with E-state index >= 15 is 0 Å². The van der Waals surface area contributed by atoms with Crippen molar-refractivity contribution in [1.29, 1.82) is 0 Å². The molecule has 5 heteroatoms. The highest BCUT2D eigenvalue weighted by molar-refractivity contribution is 6.33. The van der Waals surface area contributed by atoms with Crippen LogP contribution >= 0.6 is 0 Å². The third-order valence-electron chi connectivity index (χ3n) is 3.28. The molecule has 0 atom stereocenters. The van der Waals surface area contributed by atoms with Gasteiger partial charge in [-0.2, -0.15) is 0 Å². The van der Waals surface area contributed by atoms with Crippen molar-refractivity contribution in [1.82, 2.24) is 0 Å². The molecule has 0 heterocycles. The minimum atomic E-state index is -1.73. The van der Waals surface area contributed by atoms with E-state index in [9.17, 15) is 0 Å². The van der Waals surface area contributed by atoms with Gasteiger partial charge in [0.1, 0.15) is 5.75 Å². The summed E-state index contributed by atoms with van der Waals surface area (Å²) >= 11 is 0. The van der Waals surface area contributed by atoms with Gasteiger partial charge in [0.15, 0.2) is 0 Å². The van der Waals surface area contributed by atoms with Gasteiger partial charge in [-0.15, -0.1) is 0 Å². The Kier molecular flexibility index (Phi) is 8.45. The number of quaternary nitrogens is 1. The lowest BCUT2D eigenvalue weighted by atomic mass is 10.2. The molecule has 0 aliphatic rings. The Morgan fingerprint density at radius 3 is 1.72 bits per heavy atom. The first-order valence-electron chi connectivity index (χ1n) is 6.38. The molecule has 102 valence electrons. The van der Waals surface area contributed by atoms with Crippen molar-refractivity contribution in [3.8, 4) is 5.75 Å². The van der Waals surface area contributed by atoms with E-state index in [1.807, 2.05) is 6.07 Å². The zero-order chi connectivity index (χ0) is 14.0. The second-order valence-corrected chi connectivity index (χ2v) is 4.33. The average molecular weight is 254 g/mol. The predicted molar refractivity (Wildman–Crippen MR) is 75.1 cm³/mol. The van der Waals surface area contributed by atoms with Gasteiger partial charge in [-0.3, -0.25) is 0 Å². The topological polar surface area (TPSA) is 49.7 Å². The number of hydrogen-bond acceptors (Lipinski definition) is 3. The lowest BCUT2D eigenvalue weighted by molar-refractivity contribution is -0.904. The number of hydrogen-bond donors (Lipinski definition) is 2. The molecular weight excluding hydrogens is 229 g/mol. The smallest absolute Gasteiger partial charge is 0.512 e. The fraction of sp³-hybridized carbons (Fsp3) is 0.538. The van der Waals surface area contributed by atoms with Crippen molar-refractivity contribution in [3.63, 3.8) is 0 Å². The first-order valence-corrected chi connectivity index (χ1v) is 6.38. The molecule has 0 aromatic heterocycles. The molecule has 1 aromatic rings. The van der Waals surface area contributed by atoms with Crippen LogP contribution in [0.3, 0.4) is 0 Å². The minimum Gasteiger partial charge on any atom is -0.512 e. The predicted octanol–water partition coefficient (Wildman–Crippen LogP) is 1.53. The maximum Gasteiger partial charge on any atom is 0.707 e. The molecule has 1 rings (SSSR count). The first kappa shape index (κ1) is 17.0. The summed E-state index contributed by atoms with van der Waals surface area (Å²) in [7, 11) is 0.558. The van der Waals surface area contributed by atoms with E-state index < -0.39 is 7.32 Å². The summed E-state index contributed by atoms with van der Waals surface area (Å²) in [4.78, 5) is 0. The maximum atomic E-state index is 8.34. The highest BCUT2D eigenvalue weighted by Crippen LogP contribution is 2.07. The second kappa shape index (κ2) is 8.97. The lowest BCUT2D eigenvalue weighted by Gasteiger charge is -2.30. The van der Waals surface area contributed by atoms with Gasteiger partial charge in [0.25, 0.3) is 0 Å². The summed E-state index contributed by atoms with van der Waals surface area (Å²) in [5.74, 6) is 0.442. The molecule has 2 N–H and O–H groups in total. The van der Waals surface area contributed by atoms with E-state index in [0.717, 1.165) is 0 Å². The van der Waals surface area contributed by atoms with Gasteiger partial charge in [0.2, 0.25) is 0 Å². The number of nitrogens with zero attached hydrogens (tertiary/aromatic N) is 1. The Hall–Kier alpha value is -1.04. The van der Waals surface area contributed by atoms with Gasteiger partial charge in [-0.25, -0.2) is 0 Å². The van der Waals surface area contributed by atoms with Crippen LogP contribution in [0.15, 0.2) is 30.3 Å². The molecule has 0 saturated heterocycles. The van der Waals surface area contributed by atoms with Gasteiger partial charge in [0, 0.05) is 0 Å². The lowest BCUT2D eigenvalue weighted by Crippen LogP contribution is -2.42. The molecular formula is C13H25BNO3+. The molecule has 18 heavy (non-hydrogen) atoms. The third kappa shape index (κ3) is 7.32. The summed E-state index contributed by atoms with van der Waals surface area (Å²) in [5, 5.41) is 16.7. The van der Waals surface area contributed by atoms with E-state index in [2.05, 4.69) is 32.5 Å². The molecule has 0 spiro atoms.